The van der Waals surface area contributed by atoms with E-state index in [0.717, 1.165) is 24.0 Å². The second-order valence-corrected chi connectivity index (χ2v) is 6.38. The molecule has 0 amide bonds. The number of hydrogen-bond acceptors (Lipinski definition) is 2. The Labute approximate surface area is 106 Å². The van der Waals surface area contributed by atoms with Crippen molar-refractivity contribution < 1.29 is 0 Å². The van der Waals surface area contributed by atoms with E-state index < -0.39 is 0 Å². The van der Waals surface area contributed by atoms with Crippen LogP contribution in [-0.2, 0) is 0 Å². The Balaban J connectivity index is 1.56. The zero-order valence-corrected chi connectivity index (χ0v) is 11.3. The van der Waals surface area contributed by atoms with E-state index >= 15 is 0 Å². The summed E-state index contributed by atoms with van der Waals surface area (Å²) in [6.45, 7) is 4.99. The summed E-state index contributed by atoms with van der Waals surface area (Å²) in [6, 6.07) is 2.62. The first-order valence-electron chi connectivity index (χ1n) is 7.87. The van der Waals surface area contributed by atoms with Crippen LogP contribution in [0.25, 0.3) is 0 Å². The van der Waals surface area contributed by atoms with Crippen molar-refractivity contribution in [3.05, 3.63) is 0 Å². The molecule has 3 rings (SSSR count). The van der Waals surface area contributed by atoms with Gasteiger partial charge in [-0.05, 0) is 51.0 Å². The van der Waals surface area contributed by atoms with E-state index in [2.05, 4.69) is 17.1 Å². The maximum absolute atomic E-state index is 3.74. The highest BCUT2D eigenvalue weighted by atomic mass is 15.2. The van der Waals surface area contributed by atoms with Crippen molar-refractivity contribution in [2.45, 2.75) is 76.4 Å². The predicted molar refractivity (Wildman–Crippen MR) is 72.2 cm³/mol. The standard InChI is InChI=1S/C15H28N2/c1-2-14(11-16-13-7-8-13)17-10-9-12-5-3-4-6-15(12)17/h12-16H,2-11H2,1H3. The van der Waals surface area contributed by atoms with Crippen molar-refractivity contribution in [3.63, 3.8) is 0 Å². The molecular formula is C15H28N2. The maximum Gasteiger partial charge on any atom is 0.0221 e. The molecule has 1 heterocycles. The summed E-state index contributed by atoms with van der Waals surface area (Å²) in [4.78, 5) is 2.86. The van der Waals surface area contributed by atoms with Crippen molar-refractivity contribution >= 4 is 0 Å². The summed E-state index contributed by atoms with van der Waals surface area (Å²) in [5.74, 6) is 1.04. The fourth-order valence-corrected chi connectivity index (χ4v) is 3.98. The molecule has 1 saturated heterocycles. The number of fused-ring (bicyclic) bond motifs is 1. The molecule has 1 N–H and O–H groups in total. The van der Waals surface area contributed by atoms with Crippen molar-refractivity contribution in [3.8, 4) is 0 Å². The van der Waals surface area contributed by atoms with Crippen LogP contribution in [0.15, 0.2) is 0 Å². The highest BCUT2D eigenvalue weighted by Gasteiger charge is 2.38. The van der Waals surface area contributed by atoms with Crippen LogP contribution in [0.1, 0.15) is 58.3 Å². The fourth-order valence-electron chi connectivity index (χ4n) is 3.98. The lowest BCUT2D eigenvalue weighted by Gasteiger charge is -2.37. The third kappa shape index (κ3) is 2.68. The van der Waals surface area contributed by atoms with Crippen LogP contribution in [0.3, 0.4) is 0 Å². The largest absolute Gasteiger partial charge is 0.312 e. The summed E-state index contributed by atoms with van der Waals surface area (Å²) in [7, 11) is 0. The van der Waals surface area contributed by atoms with Gasteiger partial charge in [-0.15, -0.1) is 0 Å². The minimum Gasteiger partial charge on any atom is -0.312 e. The van der Waals surface area contributed by atoms with Crippen molar-refractivity contribution in [1.82, 2.24) is 10.2 Å². The van der Waals surface area contributed by atoms with Crippen molar-refractivity contribution in [1.29, 1.82) is 0 Å². The van der Waals surface area contributed by atoms with Crippen LogP contribution in [0.4, 0.5) is 0 Å². The van der Waals surface area contributed by atoms with E-state index in [0.29, 0.717) is 0 Å². The molecule has 3 atom stereocenters. The summed E-state index contributed by atoms with van der Waals surface area (Å²) in [6.07, 6.45) is 11.6. The normalized spacial score (nSPS) is 35.8. The topological polar surface area (TPSA) is 15.3 Å². The average molecular weight is 236 g/mol. The van der Waals surface area contributed by atoms with Gasteiger partial charge in [0.2, 0.25) is 0 Å². The van der Waals surface area contributed by atoms with Gasteiger partial charge in [0.25, 0.3) is 0 Å². The van der Waals surface area contributed by atoms with E-state index in [4.69, 9.17) is 0 Å². The summed E-state index contributed by atoms with van der Waals surface area (Å²) in [5, 5.41) is 3.74. The monoisotopic (exact) mass is 236 g/mol. The zero-order valence-electron chi connectivity index (χ0n) is 11.3. The Bertz CT molecular complexity index is 249. The molecule has 0 aromatic rings. The molecule has 1 aliphatic heterocycles. The summed E-state index contributed by atoms with van der Waals surface area (Å²) in [5.41, 5.74) is 0. The van der Waals surface area contributed by atoms with Crippen LogP contribution in [-0.4, -0.2) is 36.1 Å². The highest BCUT2D eigenvalue weighted by Crippen LogP contribution is 2.37. The molecule has 2 saturated carbocycles. The Morgan fingerprint density at radius 2 is 1.94 bits per heavy atom. The average Bonchev–Trinajstić information content (AvgIpc) is 3.10. The van der Waals surface area contributed by atoms with Gasteiger partial charge in [-0.2, -0.15) is 0 Å². The molecular weight excluding hydrogens is 208 g/mol. The maximum atomic E-state index is 3.74. The van der Waals surface area contributed by atoms with Gasteiger partial charge in [0, 0.05) is 24.7 Å². The summed E-state index contributed by atoms with van der Waals surface area (Å²) >= 11 is 0. The Morgan fingerprint density at radius 1 is 1.12 bits per heavy atom. The fraction of sp³-hybridized carbons (Fsp3) is 1.00. The number of rotatable bonds is 5. The molecule has 0 aromatic heterocycles. The predicted octanol–water partition coefficient (Wildman–Crippen LogP) is 2.78. The quantitative estimate of drug-likeness (QED) is 0.789. The van der Waals surface area contributed by atoms with Crippen LogP contribution in [0.5, 0.6) is 0 Å². The second-order valence-electron chi connectivity index (χ2n) is 6.38. The van der Waals surface area contributed by atoms with Crippen LogP contribution >= 0.6 is 0 Å². The lowest BCUT2D eigenvalue weighted by molar-refractivity contribution is 0.127. The molecule has 3 fully saturated rings. The molecule has 2 aliphatic carbocycles. The van der Waals surface area contributed by atoms with Gasteiger partial charge in [-0.3, -0.25) is 4.90 Å². The first-order valence-corrected chi connectivity index (χ1v) is 7.87. The van der Waals surface area contributed by atoms with E-state index in [9.17, 15) is 0 Å². The van der Waals surface area contributed by atoms with E-state index in [1.165, 1.54) is 64.5 Å². The lowest BCUT2D eigenvalue weighted by atomic mass is 9.85. The van der Waals surface area contributed by atoms with E-state index in [-0.39, 0.29) is 0 Å². The summed E-state index contributed by atoms with van der Waals surface area (Å²) < 4.78 is 0. The van der Waals surface area contributed by atoms with Gasteiger partial charge in [-0.25, -0.2) is 0 Å². The van der Waals surface area contributed by atoms with Gasteiger partial charge < -0.3 is 5.32 Å². The Morgan fingerprint density at radius 3 is 2.71 bits per heavy atom. The molecule has 3 aliphatic rings. The number of hydrogen-bond donors (Lipinski definition) is 1. The van der Waals surface area contributed by atoms with Gasteiger partial charge >= 0.3 is 0 Å². The highest BCUT2D eigenvalue weighted by molar-refractivity contribution is 4.94. The molecule has 0 radical (unpaired) electrons. The molecule has 0 aromatic carbocycles. The third-order valence-corrected chi connectivity index (χ3v) is 5.21. The van der Waals surface area contributed by atoms with Gasteiger partial charge in [-0.1, -0.05) is 19.8 Å². The lowest BCUT2D eigenvalue weighted by Crippen LogP contribution is -2.46. The molecule has 0 bridgehead atoms. The Hall–Kier alpha value is -0.0800. The second kappa shape index (κ2) is 5.27. The third-order valence-electron chi connectivity index (χ3n) is 5.21. The van der Waals surface area contributed by atoms with Crippen molar-refractivity contribution in [2.24, 2.45) is 5.92 Å². The number of likely N-dealkylation sites (tertiary alicyclic amines) is 1. The minimum absolute atomic E-state index is 0.809. The van der Waals surface area contributed by atoms with Crippen LogP contribution in [0, 0.1) is 5.92 Å². The molecule has 2 heteroatoms. The van der Waals surface area contributed by atoms with Gasteiger partial charge in [0.1, 0.15) is 0 Å². The Kier molecular flexibility index (Phi) is 3.72. The van der Waals surface area contributed by atoms with Gasteiger partial charge in [0.05, 0.1) is 0 Å². The van der Waals surface area contributed by atoms with Gasteiger partial charge in [0.15, 0.2) is 0 Å². The minimum atomic E-state index is 0.809. The molecule has 0 spiro atoms. The first-order chi connectivity index (χ1) is 8.38. The molecule has 17 heavy (non-hydrogen) atoms. The first kappa shape index (κ1) is 12.0. The van der Waals surface area contributed by atoms with Crippen LogP contribution < -0.4 is 5.32 Å². The smallest absolute Gasteiger partial charge is 0.0221 e. The van der Waals surface area contributed by atoms with E-state index in [1.807, 2.05) is 0 Å². The van der Waals surface area contributed by atoms with Crippen molar-refractivity contribution in [2.75, 3.05) is 13.1 Å². The molecule has 3 unspecified atom stereocenters. The van der Waals surface area contributed by atoms with Crippen LogP contribution in [0.2, 0.25) is 0 Å². The zero-order chi connectivity index (χ0) is 11.7. The molecule has 98 valence electrons. The van der Waals surface area contributed by atoms with E-state index in [1.54, 1.807) is 0 Å². The number of nitrogens with one attached hydrogen (secondary N) is 1. The molecule has 2 nitrogen and oxygen atoms in total. The number of nitrogens with zero attached hydrogens (tertiary/aromatic N) is 1. The SMILES string of the molecule is CCC(CNC1CC1)N1CCC2CCCCC21.